The molecule has 34 heavy (non-hydrogen) atoms. The van der Waals surface area contributed by atoms with Crippen LogP contribution < -0.4 is 10.2 Å². The molecule has 0 spiro atoms. The van der Waals surface area contributed by atoms with E-state index in [4.69, 9.17) is 23.2 Å². The van der Waals surface area contributed by atoms with Gasteiger partial charge in [0.15, 0.2) is 0 Å². The summed E-state index contributed by atoms with van der Waals surface area (Å²) in [6.07, 6.45) is 6.75. The number of halogens is 2. The zero-order chi connectivity index (χ0) is 24.1. The molecular formula is C24H29Cl2N7O. The lowest BCUT2D eigenvalue weighted by molar-refractivity contribution is 0.0927. The van der Waals surface area contributed by atoms with Gasteiger partial charge in [-0.05, 0) is 37.6 Å². The first-order valence-corrected chi connectivity index (χ1v) is 12.3. The molecule has 1 atom stereocenters. The lowest BCUT2D eigenvalue weighted by atomic mass is 10.1. The third kappa shape index (κ3) is 5.87. The number of aromatic nitrogens is 4. The molecule has 1 N–H and O–H groups in total. The molecular weight excluding hydrogens is 473 g/mol. The van der Waals surface area contributed by atoms with Crippen LogP contribution in [0.3, 0.4) is 0 Å². The topological polar surface area (TPSA) is 79.2 Å². The Labute approximate surface area is 209 Å². The van der Waals surface area contributed by atoms with Crippen molar-refractivity contribution in [3.05, 3.63) is 64.2 Å². The molecule has 4 rings (SSSR count). The number of nitrogens with one attached hydrogen (secondary N) is 1. The Morgan fingerprint density at radius 3 is 2.41 bits per heavy atom. The quantitative estimate of drug-likeness (QED) is 0.504. The number of hydrogen-bond acceptors (Lipinski definition) is 6. The number of anilines is 1. The number of piperazine rings is 1. The van der Waals surface area contributed by atoms with Crippen LogP contribution in [-0.2, 0) is 6.42 Å². The number of amides is 1. The Balaban J connectivity index is 1.38. The van der Waals surface area contributed by atoms with Crippen molar-refractivity contribution in [1.82, 2.24) is 30.0 Å². The highest BCUT2D eigenvalue weighted by Crippen LogP contribution is 2.24. The highest BCUT2D eigenvalue weighted by molar-refractivity contribution is 6.34. The van der Waals surface area contributed by atoms with Gasteiger partial charge in [-0.2, -0.15) is 5.10 Å². The van der Waals surface area contributed by atoms with E-state index in [9.17, 15) is 4.79 Å². The molecule has 1 fully saturated rings. The van der Waals surface area contributed by atoms with Gasteiger partial charge < -0.3 is 10.2 Å². The first kappa shape index (κ1) is 24.4. The van der Waals surface area contributed by atoms with Crippen molar-refractivity contribution in [3.63, 3.8) is 0 Å². The Hall–Kier alpha value is -2.68. The predicted molar refractivity (Wildman–Crippen MR) is 135 cm³/mol. The molecule has 0 radical (unpaired) electrons. The Kier molecular flexibility index (Phi) is 8.03. The predicted octanol–water partition coefficient (Wildman–Crippen LogP) is 3.86. The van der Waals surface area contributed by atoms with E-state index >= 15 is 0 Å². The Bertz CT molecular complexity index is 1090. The molecule has 0 saturated carbocycles. The van der Waals surface area contributed by atoms with Crippen molar-refractivity contribution in [3.8, 4) is 5.69 Å². The van der Waals surface area contributed by atoms with E-state index in [1.54, 1.807) is 41.5 Å². The monoisotopic (exact) mass is 501 g/mol. The minimum absolute atomic E-state index is 0.00883. The molecule has 180 valence electrons. The van der Waals surface area contributed by atoms with E-state index in [1.165, 1.54) is 0 Å². The maximum absolute atomic E-state index is 13.1. The molecule has 1 saturated heterocycles. The summed E-state index contributed by atoms with van der Waals surface area (Å²) in [5.74, 6) is 0.650. The summed E-state index contributed by atoms with van der Waals surface area (Å²) in [5, 5.41) is 8.68. The number of benzene rings is 1. The van der Waals surface area contributed by atoms with Gasteiger partial charge >= 0.3 is 0 Å². The zero-order valence-electron chi connectivity index (χ0n) is 19.4. The van der Waals surface area contributed by atoms with Crippen LogP contribution in [0.4, 0.5) is 5.95 Å². The van der Waals surface area contributed by atoms with E-state index < -0.39 is 0 Å². The minimum atomic E-state index is -0.119. The second-order valence-corrected chi connectivity index (χ2v) is 9.38. The molecule has 1 aromatic carbocycles. The minimum Gasteiger partial charge on any atom is -0.348 e. The lowest BCUT2D eigenvalue weighted by Gasteiger charge is -2.35. The summed E-state index contributed by atoms with van der Waals surface area (Å²) < 4.78 is 1.76. The first-order chi connectivity index (χ1) is 16.4. The molecule has 10 heteroatoms. The Morgan fingerprint density at radius 1 is 1.09 bits per heavy atom. The number of rotatable bonds is 8. The van der Waals surface area contributed by atoms with Crippen molar-refractivity contribution < 1.29 is 4.79 Å². The summed E-state index contributed by atoms with van der Waals surface area (Å²) in [6, 6.07) is 7.08. The summed E-state index contributed by atoms with van der Waals surface area (Å²) >= 11 is 12.4. The third-order valence-corrected chi connectivity index (χ3v) is 6.25. The zero-order valence-corrected chi connectivity index (χ0v) is 20.9. The lowest BCUT2D eigenvalue weighted by Crippen LogP contribution is -2.51. The van der Waals surface area contributed by atoms with E-state index in [2.05, 4.69) is 37.1 Å². The largest absolute Gasteiger partial charge is 0.348 e. The fourth-order valence-electron chi connectivity index (χ4n) is 4.24. The number of carbonyl (C=O) groups is 1. The van der Waals surface area contributed by atoms with Gasteiger partial charge in [0.25, 0.3) is 5.91 Å². The van der Waals surface area contributed by atoms with Gasteiger partial charge in [-0.25, -0.2) is 14.6 Å². The van der Waals surface area contributed by atoms with Crippen LogP contribution >= 0.6 is 23.2 Å². The van der Waals surface area contributed by atoms with E-state index in [0.29, 0.717) is 22.0 Å². The average molecular weight is 502 g/mol. The Morgan fingerprint density at radius 2 is 1.76 bits per heavy atom. The van der Waals surface area contributed by atoms with Gasteiger partial charge in [0, 0.05) is 61.2 Å². The van der Waals surface area contributed by atoms with Crippen LogP contribution in [0.25, 0.3) is 5.69 Å². The summed E-state index contributed by atoms with van der Waals surface area (Å²) in [7, 11) is 0. The summed E-state index contributed by atoms with van der Waals surface area (Å²) in [5.41, 5.74) is 2.17. The average Bonchev–Trinajstić information content (AvgIpc) is 3.23. The van der Waals surface area contributed by atoms with Crippen molar-refractivity contribution in [2.75, 3.05) is 37.6 Å². The maximum Gasteiger partial charge on any atom is 0.255 e. The first-order valence-electron chi connectivity index (χ1n) is 11.5. The van der Waals surface area contributed by atoms with Crippen molar-refractivity contribution in [2.45, 2.75) is 32.7 Å². The fourth-order valence-corrected chi connectivity index (χ4v) is 4.76. The second-order valence-electron chi connectivity index (χ2n) is 8.51. The number of hydrogen-bond donors (Lipinski definition) is 1. The van der Waals surface area contributed by atoms with Crippen molar-refractivity contribution in [2.24, 2.45) is 0 Å². The van der Waals surface area contributed by atoms with Gasteiger partial charge in [0.2, 0.25) is 5.95 Å². The van der Waals surface area contributed by atoms with E-state index in [-0.39, 0.29) is 11.9 Å². The van der Waals surface area contributed by atoms with E-state index in [0.717, 1.165) is 56.5 Å². The van der Waals surface area contributed by atoms with Gasteiger partial charge in [-0.1, -0.05) is 36.5 Å². The molecule has 3 aromatic rings. The standard InChI is InChI=1S/C24H29Cl2N7O/c1-3-5-22-21(15-29-33(22)20-13-18(25)12-19(26)14-20)23(34)30-17(2)16-31-8-10-32(11-9-31)24-27-6-4-7-28-24/h4,6-7,12-15,17H,3,5,8-11,16H2,1-2H3,(H,30,34). The van der Waals surface area contributed by atoms with Crippen LogP contribution in [0.5, 0.6) is 0 Å². The summed E-state index contributed by atoms with van der Waals surface area (Å²) in [4.78, 5) is 26.4. The van der Waals surface area contributed by atoms with Crippen LogP contribution in [0.2, 0.25) is 10.0 Å². The molecule has 1 unspecified atom stereocenters. The SMILES string of the molecule is CCCc1c(C(=O)NC(C)CN2CCN(c3ncccn3)CC2)cnn1-c1cc(Cl)cc(Cl)c1. The number of carbonyl (C=O) groups excluding carboxylic acids is 1. The highest BCUT2D eigenvalue weighted by Gasteiger charge is 2.23. The highest BCUT2D eigenvalue weighted by atomic mass is 35.5. The van der Waals surface area contributed by atoms with Gasteiger partial charge in [-0.15, -0.1) is 0 Å². The number of nitrogens with zero attached hydrogens (tertiary/aromatic N) is 6. The van der Waals surface area contributed by atoms with E-state index in [1.807, 2.05) is 13.0 Å². The second kappa shape index (κ2) is 11.2. The third-order valence-electron chi connectivity index (χ3n) is 5.81. The molecule has 1 amide bonds. The molecule has 0 bridgehead atoms. The molecule has 1 aliphatic heterocycles. The normalized spacial score (nSPS) is 15.4. The maximum atomic E-state index is 13.1. The van der Waals surface area contributed by atoms with Gasteiger partial charge in [0.1, 0.15) is 0 Å². The smallest absolute Gasteiger partial charge is 0.255 e. The molecule has 8 nitrogen and oxygen atoms in total. The van der Waals surface area contributed by atoms with Crippen molar-refractivity contribution >= 4 is 35.1 Å². The van der Waals surface area contributed by atoms with Crippen molar-refractivity contribution in [1.29, 1.82) is 0 Å². The molecule has 2 aromatic heterocycles. The fraction of sp³-hybridized carbons (Fsp3) is 0.417. The van der Waals surface area contributed by atoms with Crippen LogP contribution in [0, 0.1) is 0 Å². The van der Waals surface area contributed by atoms with Crippen LogP contribution in [-0.4, -0.2) is 69.3 Å². The summed E-state index contributed by atoms with van der Waals surface area (Å²) in [6.45, 7) is 8.40. The van der Waals surface area contributed by atoms with Crippen LogP contribution in [0.1, 0.15) is 36.3 Å². The van der Waals surface area contributed by atoms with Gasteiger partial charge in [0.05, 0.1) is 23.1 Å². The molecule has 0 aliphatic carbocycles. The van der Waals surface area contributed by atoms with Gasteiger partial charge in [-0.3, -0.25) is 9.69 Å². The molecule has 3 heterocycles. The molecule has 1 aliphatic rings. The van der Waals surface area contributed by atoms with Crippen LogP contribution in [0.15, 0.2) is 42.9 Å².